The van der Waals surface area contributed by atoms with Gasteiger partial charge in [0.2, 0.25) is 5.91 Å². The van der Waals surface area contributed by atoms with Gasteiger partial charge in [0.05, 0.1) is 31.7 Å². The van der Waals surface area contributed by atoms with E-state index in [2.05, 4.69) is 20.5 Å². The first-order valence-corrected chi connectivity index (χ1v) is 11.4. The lowest BCUT2D eigenvalue weighted by atomic mass is 10.1. The average Bonchev–Trinajstić information content (AvgIpc) is 3.59. The summed E-state index contributed by atoms with van der Waals surface area (Å²) in [6.07, 6.45) is 8.26. The summed E-state index contributed by atoms with van der Waals surface area (Å²) < 4.78 is 11.7. The summed E-state index contributed by atoms with van der Waals surface area (Å²) in [4.78, 5) is 26.9. The van der Waals surface area contributed by atoms with Gasteiger partial charge in [0, 0.05) is 24.7 Å². The molecule has 1 saturated heterocycles. The van der Waals surface area contributed by atoms with E-state index in [9.17, 15) is 9.59 Å². The molecule has 1 fully saturated rings. The van der Waals surface area contributed by atoms with Gasteiger partial charge in [-0.3, -0.25) is 9.69 Å². The van der Waals surface area contributed by atoms with Crippen LogP contribution in [0.2, 0.25) is 5.02 Å². The number of amides is 1. The van der Waals surface area contributed by atoms with Gasteiger partial charge in [0.25, 0.3) is 0 Å². The summed E-state index contributed by atoms with van der Waals surface area (Å²) in [6.45, 7) is 1.65. The van der Waals surface area contributed by atoms with E-state index >= 15 is 0 Å². The third kappa shape index (κ3) is 5.92. The zero-order valence-electron chi connectivity index (χ0n) is 18.8. The molecule has 34 heavy (non-hydrogen) atoms. The van der Waals surface area contributed by atoms with Gasteiger partial charge in [0.15, 0.2) is 5.69 Å². The van der Waals surface area contributed by atoms with E-state index < -0.39 is 5.97 Å². The Labute approximate surface area is 202 Å². The first-order chi connectivity index (χ1) is 16.5. The smallest absolute Gasteiger partial charge is 0.360 e. The Morgan fingerprint density at radius 3 is 2.97 bits per heavy atom. The number of likely N-dealkylation sites (tertiary alicyclic amines) is 1. The molecule has 3 heterocycles. The molecule has 2 atom stereocenters. The number of furan rings is 1. The van der Waals surface area contributed by atoms with Crippen LogP contribution < -0.4 is 5.32 Å². The molecule has 1 aliphatic rings. The van der Waals surface area contributed by atoms with Crippen LogP contribution in [-0.2, 0) is 16.0 Å². The van der Waals surface area contributed by atoms with E-state index in [1.807, 2.05) is 48.6 Å². The van der Waals surface area contributed by atoms with E-state index in [1.165, 1.54) is 7.11 Å². The van der Waals surface area contributed by atoms with Crippen molar-refractivity contribution in [2.75, 3.05) is 26.7 Å². The van der Waals surface area contributed by atoms with Crippen LogP contribution in [0.15, 0.2) is 59.4 Å². The number of hydrogen-bond acceptors (Lipinski definition) is 7. The molecular weight excluding hydrogens is 458 g/mol. The van der Waals surface area contributed by atoms with Crippen LogP contribution in [0.3, 0.4) is 0 Å². The Morgan fingerprint density at radius 1 is 1.32 bits per heavy atom. The highest BCUT2D eigenvalue weighted by Crippen LogP contribution is 2.27. The number of nitrogens with one attached hydrogen (secondary N) is 1. The number of ether oxygens (including phenoxy) is 1. The predicted octanol–water partition coefficient (Wildman–Crippen LogP) is 3.00. The maximum atomic E-state index is 13.1. The first kappa shape index (κ1) is 23.7. The van der Waals surface area contributed by atoms with Crippen molar-refractivity contribution in [1.29, 1.82) is 0 Å². The summed E-state index contributed by atoms with van der Waals surface area (Å²) in [7, 11) is 1.30. The van der Waals surface area contributed by atoms with E-state index in [0.717, 1.165) is 11.3 Å². The van der Waals surface area contributed by atoms with Crippen molar-refractivity contribution >= 4 is 29.6 Å². The number of carbonyl (C=O) groups excluding carboxylic acids is 2. The fourth-order valence-electron chi connectivity index (χ4n) is 4.03. The van der Waals surface area contributed by atoms with E-state index in [4.69, 9.17) is 20.8 Å². The third-order valence-corrected chi connectivity index (χ3v) is 5.97. The average molecular weight is 484 g/mol. The van der Waals surface area contributed by atoms with Crippen molar-refractivity contribution in [3.63, 3.8) is 0 Å². The van der Waals surface area contributed by atoms with Crippen LogP contribution in [0.4, 0.5) is 0 Å². The molecule has 0 aliphatic carbocycles. The van der Waals surface area contributed by atoms with Gasteiger partial charge < -0.3 is 14.5 Å². The number of hydrogen-bond donors (Lipinski definition) is 1. The van der Waals surface area contributed by atoms with Crippen LogP contribution >= 0.6 is 11.6 Å². The molecule has 1 N–H and O–H groups in total. The normalized spacial score (nSPS) is 18.4. The molecule has 0 bridgehead atoms. The molecule has 10 heteroatoms. The minimum Gasteiger partial charge on any atom is -0.465 e. The van der Waals surface area contributed by atoms with Gasteiger partial charge in [-0.15, -0.1) is 5.10 Å². The van der Waals surface area contributed by atoms with Crippen LogP contribution in [0.25, 0.3) is 6.08 Å². The highest BCUT2D eigenvalue weighted by atomic mass is 35.5. The molecule has 3 aromatic rings. The quantitative estimate of drug-likeness (QED) is 0.467. The van der Waals surface area contributed by atoms with Crippen LogP contribution in [0, 0.1) is 0 Å². The minimum absolute atomic E-state index is 0.0516. The highest BCUT2D eigenvalue weighted by Gasteiger charge is 2.37. The number of halogens is 1. The summed E-state index contributed by atoms with van der Waals surface area (Å²) in [5.41, 5.74) is 1.20. The van der Waals surface area contributed by atoms with E-state index in [0.29, 0.717) is 37.5 Å². The fourth-order valence-corrected chi connectivity index (χ4v) is 4.24. The summed E-state index contributed by atoms with van der Waals surface area (Å²) >= 11 is 6.05. The van der Waals surface area contributed by atoms with Gasteiger partial charge in [-0.05, 0) is 48.7 Å². The molecular formula is C24H26ClN5O4. The first-order valence-electron chi connectivity index (χ1n) is 11.0. The van der Waals surface area contributed by atoms with Crippen LogP contribution in [-0.4, -0.2) is 64.6 Å². The largest absolute Gasteiger partial charge is 0.465 e. The molecule has 0 saturated carbocycles. The second-order valence-electron chi connectivity index (χ2n) is 8.02. The number of esters is 1. The van der Waals surface area contributed by atoms with Crippen molar-refractivity contribution < 1.29 is 18.7 Å². The number of methoxy groups -OCH3 is 1. The molecule has 0 unspecified atom stereocenters. The number of carbonyl (C=O) groups is 2. The summed E-state index contributed by atoms with van der Waals surface area (Å²) in [6, 6.07) is 10.8. The third-order valence-electron chi connectivity index (χ3n) is 5.73. The SMILES string of the molecule is COC(=O)c1cn([C@H]2C[C@@H](C(=O)NCCc3cccc(Cl)c3)N(C/C=C/c3ccco3)C2)nn1. The standard InChI is InChI=1S/C24H26ClN5O4/c1-33-24(32)21-16-30(28-27-21)19-14-22(29(15-19)11-3-7-20-8-4-12-34-20)23(31)26-10-9-17-5-2-6-18(25)13-17/h2-8,12-13,16,19,22H,9-11,14-15H2,1H3,(H,26,31)/b7-3+/t19-,22-/m0/s1. The minimum atomic E-state index is -0.544. The molecule has 4 rings (SSSR count). The number of benzene rings is 1. The molecule has 1 aromatic carbocycles. The second kappa shape index (κ2) is 11.1. The molecule has 1 amide bonds. The zero-order valence-corrected chi connectivity index (χ0v) is 19.5. The van der Waals surface area contributed by atoms with E-state index in [-0.39, 0.29) is 23.7 Å². The zero-order chi connectivity index (χ0) is 23.9. The Hall–Kier alpha value is -3.43. The lowest BCUT2D eigenvalue weighted by molar-refractivity contribution is -0.125. The second-order valence-corrected chi connectivity index (χ2v) is 8.46. The maximum Gasteiger partial charge on any atom is 0.360 e. The monoisotopic (exact) mass is 483 g/mol. The fraction of sp³-hybridized carbons (Fsp3) is 0.333. The lowest BCUT2D eigenvalue weighted by Crippen LogP contribution is -2.43. The Kier molecular flexibility index (Phi) is 7.76. The number of aromatic nitrogens is 3. The molecule has 0 spiro atoms. The van der Waals surface area contributed by atoms with Crippen molar-refractivity contribution in [2.24, 2.45) is 0 Å². The number of nitrogens with zero attached hydrogens (tertiary/aromatic N) is 4. The molecule has 9 nitrogen and oxygen atoms in total. The van der Waals surface area contributed by atoms with Crippen molar-refractivity contribution in [1.82, 2.24) is 25.2 Å². The van der Waals surface area contributed by atoms with Gasteiger partial charge in [-0.2, -0.15) is 0 Å². The van der Waals surface area contributed by atoms with Gasteiger partial charge in [-0.25, -0.2) is 9.48 Å². The summed E-state index contributed by atoms with van der Waals surface area (Å²) in [5.74, 6) is 0.152. The molecule has 0 radical (unpaired) electrons. The van der Waals surface area contributed by atoms with Gasteiger partial charge in [0.1, 0.15) is 5.76 Å². The van der Waals surface area contributed by atoms with Crippen molar-refractivity contribution in [3.8, 4) is 0 Å². The van der Waals surface area contributed by atoms with Crippen LogP contribution in [0.1, 0.15) is 34.3 Å². The van der Waals surface area contributed by atoms with Crippen LogP contribution in [0.5, 0.6) is 0 Å². The van der Waals surface area contributed by atoms with E-state index in [1.54, 1.807) is 17.1 Å². The lowest BCUT2D eigenvalue weighted by Gasteiger charge is -2.21. The molecule has 178 valence electrons. The van der Waals surface area contributed by atoms with Gasteiger partial charge >= 0.3 is 5.97 Å². The molecule has 2 aromatic heterocycles. The maximum absolute atomic E-state index is 13.1. The summed E-state index contributed by atoms with van der Waals surface area (Å²) in [5, 5.41) is 11.7. The Morgan fingerprint density at radius 2 is 2.21 bits per heavy atom. The Balaban J connectivity index is 1.41. The molecule has 1 aliphatic heterocycles. The van der Waals surface area contributed by atoms with Crippen molar-refractivity contribution in [2.45, 2.75) is 24.9 Å². The number of rotatable bonds is 9. The highest BCUT2D eigenvalue weighted by molar-refractivity contribution is 6.30. The van der Waals surface area contributed by atoms with Crippen molar-refractivity contribution in [3.05, 3.63) is 77.0 Å². The van der Waals surface area contributed by atoms with Gasteiger partial charge in [-0.1, -0.05) is 35.0 Å². The Bertz CT molecular complexity index is 1140. The predicted molar refractivity (Wildman–Crippen MR) is 126 cm³/mol. The topological polar surface area (TPSA) is 102 Å².